The Morgan fingerprint density at radius 1 is 1.12 bits per heavy atom. The molecule has 2 aromatic carbocycles. The fourth-order valence-electron chi connectivity index (χ4n) is 2.76. The van der Waals surface area contributed by atoms with Gasteiger partial charge in [0, 0.05) is 17.2 Å². The van der Waals surface area contributed by atoms with Gasteiger partial charge in [-0.3, -0.25) is 4.79 Å². The number of carbonyl (C=O) groups is 1. The lowest BCUT2D eigenvalue weighted by Crippen LogP contribution is -2.21. The molecule has 0 aliphatic carbocycles. The van der Waals surface area contributed by atoms with E-state index in [2.05, 4.69) is 10.3 Å². The minimum absolute atomic E-state index is 0.0601. The highest BCUT2D eigenvalue weighted by Gasteiger charge is 2.14. The van der Waals surface area contributed by atoms with E-state index in [0.717, 1.165) is 40.8 Å². The molecule has 4 heteroatoms. The first kappa shape index (κ1) is 16.2. The molecule has 3 aromatic rings. The van der Waals surface area contributed by atoms with Crippen molar-refractivity contribution in [3.8, 4) is 11.5 Å². The Labute approximate surface area is 141 Å². The van der Waals surface area contributed by atoms with Gasteiger partial charge in [0.15, 0.2) is 5.58 Å². The first-order valence-corrected chi connectivity index (χ1v) is 8.39. The van der Waals surface area contributed by atoms with Crippen molar-refractivity contribution in [1.29, 1.82) is 0 Å². The molecule has 124 valence electrons. The van der Waals surface area contributed by atoms with Crippen LogP contribution in [0.1, 0.15) is 32.3 Å². The summed E-state index contributed by atoms with van der Waals surface area (Å²) in [5, 5.41) is 2.97. The largest absolute Gasteiger partial charge is 0.436 e. The molecular formula is C20H22N2O2. The molecule has 1 N–H and O–H groups in total. The van der Waals surface area contributed by atoms with Crippen molar-refractivity contribution in [1.82, 2.24) is 4.98 Å². The summed E-state index contributed by atoms with van der Waals surface area (Å²) in [5.74, 6) is 0.725. The van der Waals surface area contributed by atoms with E-state index in [9.17, 15) is 4.79 Å². The normalized spacial score (nSPS) is 11.2. The summed E-state index contributed by atoms with van der Waals surface area (Å²) < 4.78 is 5.80. The number of anilines is 1. The summed E-state index contributed by atoms with van der Waals surface area (Å²) in [6.45, 7) is 6.10. The Bertz CT molecular complexity index is 846. The third kappa shape index (κ3) is 3.32. The van der Waals surface area contributed by atoms with Gasteiger partial charge in [-0.1, -0.05) is 19.9 Å². The highest BCUT2D eigenvalue weighted by atomic mass is 16.3. The number of rotatable bonds is 5. The Morgan fingerprint density at radius 3 is 2.50 bits per heavy atom. The molecule has 0 radical (unpaired) electrons. The van der Waals surface area contributed by atoms with Crippen molar-refractivity contribution in [3.63, 3.8) is 0 Å². The van der Waals surface area contributed by atoms with Crippen molar-refractivity contribution in [2.24, 2.45) is 5.92 Å². The maximum Gasteiger partial charge on any atom is 0.227 e. The molecule has 0 spiro atoms. The van der Waals surface area contributed by atoms with Gasteiger partial charge < -0.3 is 9.73 Å². The van der Waals surface area contributed by atoms with Crippen LogP contribution in [0.3, 0.4) is 0 Å². The highest BCUT2D eigenvalue weighted by Crippen LogP contribution is 2.26. The molecule has 0 bridgehead atoms. The molecule has 0 aliphatic heterocycles. The monoisotopic (exact) mass is 322 g/mol. The number of benzene rings is 2. The van der Waals surface area contributed by atoms with Crippen molar-refractivity contribution in [2.45, 2.75) is 33.6 Å². The smallest absolute Gasteiger partial charge is 0.227 e. The number of fused-ring (bicyclic) bond motifs is 1. The zero-order chi connectivity index (χ0) is 17.1. The van der Waals surface area contributed by atoms with E-state index in [4.69, 9.17) is 4.42 Å². The second-order valence-electron chi connectivity index (χ2n) is 6.07. The Kier molecular flexibility index (Phi) is 4.65. The van der Waals surface area contributed by atoms with Crippen LogP contribution in [0.5, 0.6) is 0 Å². The lowest BCUT2D eigenvalue weighted by atomic mass is 10.0. The quantitative estimate of drug-likeness (QED) is 0.704. The molecule has 1 amide bonds. The van der Waals surface area contributed by atoms with Crippen molar-refractivity contribution < 1.29 is 9.21 Å². The van der Waals surface area contributed by atoms with Crippen LogP contribution in [0, 0.1) is 12.8 Å². The van der Waals surface area contributed by atoms with Crippen LogP contribution in [-0.4, -0.2) is 10.9 Å². The number of nitrogens with zero attached hydrogens (tertiary/aromatic N) is 1. The lowest BCUT2D eigenvalue weighted by molar-refractivity contribution is -0.120. The molecule has 24 heavy (non-hydrogen) atoms. The fraction of sp³-hybridized carbons (Fsp3) is 0.300. The summed E-state index contributed by atoms with van der Waals surface area (Å²) >= 11 is 0. The summed E-state index contributed by atoms with van der Waals surface area (Å²) in [6, 6.07) is 13.6. The molecule has 0 saturated carbocycles. The molecule has 0 atom stereocenters. The molecule has 0 saturated heterocycles. The van der Waals surface area contributed by atoms with Crippen LogP contribution in [0.15, 0.2) is 46.9 Å². The summed E-state index contributed by atoms with van der Waals surface area (Å²) in [6.07, 6.45) is 1.70. The van der Waals surface area contributed by atoms with Crippen LogP contribution < -0.4 is 5.32 Å². The van der Waals surface area contributed by atoms with Gasteiger partial charge in [-0.2, -0.15) is 0 Å². The number of aryl methyl sites for hydroxylation is 1. The molecule has 4 nitrogen and oxygen atoms in total. The van der Waals surface area contributed by atoms with Crippen LogP contribution in [0.25, 0.3) is 22.6 Å². The fourth-order valence-corrected chi connectivity index (χ4v) is 2.76. The molecule has 0 unspecified atom stereocenters. The standard InChI is InChI=1S/C20H22N2O2/c1-4-14(5-2)19(23)21-16-9-7-15(8-10-16)20-22-17-12-13(3)6-11-18(17)24-20/h6-12,14H,4-5H2,1-3H3,(H,21,23). The Balaban J connectivity index is 1.79. The topological polar surface area (TPSA) is 55.1 Å². The Hall–Kier alpha value is -2.62. The maximum absolute atomic E-state index is 12.1. The van der Waals surface area contributed by atoms with E-state index in [0.29, 0.717) is 5.89 Å². The van der Waals surface area contributed by atoms with E-state index in [1.807, 2.05) is 63.2 Å². The zero-order valence-corrected chi connectivity index (χ0v) is 14.3. The average molecular weight is 322 g/mol. The average Bonchev–Trinajstić information content (AvgIpc) is 2.99. The number of aromatic nitrogens is 1. The second kappa shape index (κ2) is 6.87. The SMILES string of the molecule is CCC(CC)C(=O)Nc1ccc(-c2nc3cc(C)ccc3o2)cc1. The van der Waals surface area contributed by atoms with Crippen molar-refractivity contribution in [2.75, 3.05) is 5.32 Å². The van der Waals surface area contributed by atoms with E-state index in [1.54, 1.807) is 0 Å². The third-order valence-electron chi connectivity index (χ3n) is 4.30. The summed E-state index contributed by atoms with van der Waals surface area (Å²) in [4.78, 5) is 16.7. The van der Waals surface area contributed by atoms with Crippen LogP contribution >= 0.6 is 0 Å². The number of nitrogens with one attached hydrogen (secondary N) is 1. The molecular weight excluding hydrogens is 300 g/mol. The molecule has 0 fully saturated rings. The van der Waals surface area contributed by atoms with Crippen LogP contribution in [0.2, 0.25) is 0 Å². The number of amides is 1. The second-order valence-corrected chi connectivity index (χ2v) is 6.07. The maximum atomic E-state index is 12.1. The first-order chi connectivity index (χ1) is 11.6. The van der Waals surface area contributed by atoms with Crippen LogP contribution in [0.4, 0.5) is 5.69 Å². The summed E-state index contributed by atoms with van der Waals surface area (Å²) in [5.41, 5.74) is 4.48. The predicted octanol–water partition coefficient (Wildman–Crippen LogP) is 5.18. The van der Waals surface area contributed by atoms with Crippen molar-refractivity contribution in [3.05, 3.63) is 48.0 Å². The zero-order valence-electron chi connectivity index (χ0n) is 14.3. The highest BCUT2D eigenvalue weighted by molar-refractivity contribution is 5.92. The molecule has 1 aromatic heterocycles. The molecule has 3 rings (SSSR count). The van der Waals surface area contributed by atoms with Gasteiger partial charge in [0.1, 0.15) is 5.52 Å². The minimum Gasteiger partial charge on any atom is -0.436 e. The van der Waals surface area contributed by atoms with Gasteiger partial charge in [-0.15, -0.1) is 0 Å². The summed E-state index contributed by atoms with van der Waals surface area (Å²) in [7, 11) is 0. The Morgan fingerprint density at radius 2 is 1.83 bits per heavy atom. The molecule has 1 heterocycles. The number of carbonyl (C=O) groups excluding carboxylic acids is 1. The van der Waals surface area contributed by atoms with Gasteiger partial charge in [0.2, 0.25) is 11.8 Å². The van der Waals surface area contributed by atoms with Gasteiger partial charge in [0.25, 0.3) is 0 Å². The van der Waals surface area contributed by atoms with E-state index in [1.165, 1.54) is 0 Å². The van der Waals surface area contributed by atoms with Crippen LogP contribution in [-0.2, 0) is 4.79 Å². The number of hydrogen-bond donors (Lipinski definition) is 1. The van der Waals surface area contributed by atoms with Crippen molar-refractivity contribution >= 4 is 22.7 Å². The third-order valence-corrected chi connectivity index (χ3v) is 4.30. The number of hydrogen-bond acceptors (Lipinski definition) is 3. The lowest BCUT2D eigenvalue weighted by Gasteiger charge is -2.12. The van der Waals surface area contributed by atoms with E-state index >= 15 is 0 Å². The predicted molar refractivity (Wildman–Crippen MR) is 96.9 cm³/mol. The van der Waals surface area contributed by atoms with Gasteiger partial charge in [-0.25, -0.2) is 4.98 Å². The van der Waals surface area contributed by atoms with E-state index < -0.39 is 0 Å². The number of oxazole rings is 1. The van der Waals surface area contributed by atoms with Gasteiger partial charge in [-0.05, 0) is 61.7 Å². The van der Waals surface area contributed by atoms with E-state index in [-0.39, 0.29) is 11.8 Å². The minimum atomic E-state index is 0.0601. The van der Waals surface area contributed by atoms with Gasteiger partial charge >= 0.3 is 0 Å². The van der Waals surface area contributed by atoms with Gasteiger partial charge in [0.05, 0.1) is 0 Å². The molecule has 0 aliphatic rings. The first-order valence-electron chi connectivity index (χ1n) is 8.39.